The Morgan fingerprint density at radius 1 is 1.00 bits per heavy atom. The molecule has 4 fully saturated rings. The summed E-state index contributed by atoms with van der Waals surface area (Å²) < 4.78 is 5.22. The molecule has 0 aromatic heterocycles. The van der Waals surface area contributed by atoms with E-state index in [1.54, 1.807) is 0 Å². The van der Waals surface area contributed by atoms with Gasteiger partial charge in [-0.1, -0.05) is 6.42 Å². The van der Waals surface area contributed by atoms with E-state index in [1.807, 2.05) is 0 Å². The van der Waals surface area contributed by atoms with Crippen molar-refractivity contribution in [2.24, 2.45) is 29.6 Å². The highest BCUT2D eigenvalue weighted by atomic mass is 16.5. The summed E-state index contributed by atoms with van der Waals surface area (Å²) in [6.45, 7) is -0.0877. The van der Waals surface area contributed by atoms with Crippen molar-refractivity contribution in [2.75, 3.05) is 6.61 Å². The minimum absolute atomic E-state index is 0.0877. The van der Waals surface area contributed by atoms with Gasteiger partial charge in [0, 0.05) is 12.5 Å². The monoisotopic (exact) mass is 305 g/mol. The molecule has 4 rings (SSSR count). The molecule has 1 N–H and O–H groups in total. The van der Waals surface area contributed by atoms with E-state index in [2.05, 4.69) is 5.32 Å². The Balaban J connectivity index is 1.17. The SMILES string of the molecule is O=C(COC(=O)CC1CC2CCC1C2)NC(C1CC1)C1CC1. The Morgan fingerprint density at radius 2 is 1.73 bits per heavy atom. The van der Waals surface area contributed by atoms with Crippen molar-refractivity contribution in [1.82, 2.24) is 5.32 Å². The van der Waals surface area contributed by atoms with Crippen LogP contribution in [0.15, 0.2) is 0 Å². The highest BCUT2D eigenvalue weighted by molar-refractivity contribution is 5.80. The standard InChI is InChI=1S/C18H27NO3/c20-16(19-18(12-3-4-12)13-5-6-13)10-22-17(21)9-15-8-11-1-2-14(15)7-11/h11-15,18H,1-10H2,(H,19,20). The number of hydrogen-bond acceptors (Lipinski definition) is 3. The van der Waals surface area contributed by atoms with Crippen LogP contribution in [0.25, 0.3) is 0 Å². The van der Waals surface area contributed by atoms with E-state index in [-0.39, 0.29) is 18.5 Å². The summed E-state index contributed by atoms with van der Waals surface area (Å²) in [5.41, 5.74) is 0. The van der Waals surface area contributed by atoms with Crippen LogP contribution in [0, 0.1) is 29.6 Å². The number of hydrogen-bond donors (Lipinski definition) is 1. The summed E-state index contributed by atoms with van der Waals surface area (Å²) in [6, 6.07) is 0.344. The lowest BCUT2D eigenvalue weighted by Crippen LogP contribution is -2.40. The Morgan fingerprint density at radius 3 is 2.27 bits per heavy atom. The maximum absolute atomic E-state index is 12.0. The fourth-order valence-corrected chi connectivity index (χ4v) is 4.80. The second-order valence-corrected chi connectivity index (χ2v) is 8.07. The van der Waals surface area contributed by atoms with Gasteiger partial charge in [0.1, 0.15) is 0 Å². The summed E-state index contributed by atoms with van der Waals surface area (Å²) in [4.78, 5) is 24.0. The molecule has 3 atom stereocenters. The van der Waals surface area contributed by atoms with Gasteiger partial charge in [0.15, 0.2) is 6.61 Å². The van der Waals surface area contributed by atoms with E-state index in [4.69, 9.17) is 4.74 Å². The van der Waals surface area contributed by atoms with Crippen LogP contribution in [-0.2, 0) is 14.3 Å². The fraction of sp³-hybridized carbons (Fsp3) is 0.889. The molecular weight excluding hydrogens is 278 g/mol. The number of fused-ring (bicyclic) bond motifs is 2. The molecule has 122 valence electrons. The summed E-state index contributed by atoms with van der Waals surface area (Å²) in [5.74, 6) is 3.18. The summed E-state index contributed by atoms with van der Waals surface area (Å²) >= 11 is 0. The predicted octanol–water partition coefficient (Wildman–Crippen LogP) is 2.66. The van der Waals surface area contributed by atoms with Crippen LogP contribution in [-0.4, -0.2) is 24.5 Å². The van der Waals surface area contributed by atoms with Gasteiger partial charge in [0.05, 0.1) is 0 Å². The van der Waals surface area contributed by atoms with Gasteiger partial charge >= 0.3 is 5.97 Å². The molecule has 4 aliphatic carbocycles. The van der Waals surface area contributed by atoms with Gasteiger partial charge in [-0.15, -0.1) is 0 Å². The smallest absolute Gasteiger partial charge is 0.306 e. The van der Waals surface area contributed by atoms with E-state index in [0.717, 1.165) is 11.8 Å². The maximum Gasteiger partial charge on any atom is 0.306 e. The molecule has 4 aliphatic rings. The number of carbonyl (C=O) groups excluding carboxylic acids is 2. The number of nitrogens with one attached hydrogen (secondary N) is 1. The van der Waals surface area contributed by atoms with E-state index >= 15 is 0 Å². The molecule has 2 bridgehead atoms. The first-order valence-electron chi connectivity index (χ1n) is 9.14. The van der Waals surface area contributed by atoms with Crippen molar-refractivity contribution in [3.63, 3.8) is 0 Å². The molecule has 22 heavy (non-hydrogen) atoms. The van der Waals surface area contributed by atoms with E-state index < -0.39 is 0 Å². The van der Waals surface area contributed by atoms with Gasteiger partial charge in [-0.25, -0.2) is 0 Å². The topological polar surface area (TPSA) is 55.4 Å². The molecule has 4 heteroatoms. The fourth-order valence-electron chi connectivity index (χ4n) is 4.80. The second-order valence-electron chi connectivity index (χ2n) is 8.07. The summed E-state index contributed by atoms with van der Waals surface area (Å²) in [7, 11) is 0. The molecule has 0 spiro atoms. The third-order valence-corrected chi connectivity index (χ3v) is 6.27. The number of carbonyl (C=O) groups is 2. The van der Waals surface area contributed by atoms with Crippen molar-refractivity contribution < 1.29 is 14.3 Å². The molecule has 0 heterocycles. The van der Waals surface area contributed by atoms with Crippen molar-refractivity contribution in [3.8, 4) is 0 Å². The van der Waals surface area contributed by atoms with Gasteiger partial charge in [-0.05, 0) is 74.5 Å². The van der Waals surface area contributed by atoms with Crippen molar-refractivity contribution in [3.05, 3.63) is 0 Å². The van der Waals surface area contributed by atoms with Gasteiger partial charge in [0.25, 0.3) is 5.91 Å². The number of esters is 1. The lowest BCUT2D eigenvalue weighted by atomic mass is 9.86. The van der Waals surface area contributed by atoms with Crippen molar-refractivity contribution in [1.29, 1.82) is 0 Å². The number of rotatable bonds is 7. The zero-order valence-electron chi connectivity index (χ0n) is 13.3. The molecule has 3 unspecified atom stereocenters. The first-order chi connectivity index (χ1) is 10.7. The van der Waals surface area contributed by atoms with Gasteiger partial charge < -0.3 is 10.1 Å². The molecule has 4 saturated carbocycles. The predicted molar refractivity (Wildman–Crippen MR) is 81.9 cm³/mol. The Kier molecular flexibility index (Phi) is 3.87. The van der Waals surface area contributed by atoms with Crippen LogP contribution >= 0.6 is 0 Å². The van der Waals surface area contributed by atoms with Crippen LogP contribution in [0.2, 0.25) is 0 Å². The summed E-state index contributed by atoms with van der Waals surface area (Å²) in [5, 5.41) is 3.10. The third-order valence-electron chi connectivity index (χ3n) is 6.27. The van der Waals surface area contributed by atoms with Crippen LogP contribution in [0.1, 0.15) is 57.8 Å². The highest BCUT2D eigenvalue weighted by Gasteiger charge is 2.42. The maximum atomic E-state index is 12.0. The largest absolute Gasteiger partial charge is 0.456 e. The van der Waals surface area contributed by atoms with Crippen molar-refractivity contribution >= 4 is 11.9 Å². The minimum atomic E-state index is -0.179. The van der Waals surface area contributed by atoms with Gasteiger partial charge in [-0.2, -0.15) is 0 Å². The zero-order chi connectivity index (χ0) is 15.1. The van der Waals surface area contributed by atoms with Crippen LogP contribution in [0.3, 0.4) is 0 Å². The van der Waals surface area contributed by atoms with Crippen LogP contribution in [0.4, 0.5) is 0 Å². The summed E-state index contributed by atoms with van der Waals surface area (Å²) in [6.07, 6.45) is 10.6. The number of ether oxygens (including phenoxy) is 1. The molecule has 0 saturated heterocycles. The van der Waals surface area contributed by atoms with Crippen LogP contribution in [0.5, 0.6) is 0 Å². The van der Waals surface area contributed by atoms with E-state index in [9.17, 15) is 9.59 Å². The molecule has 0 aliphatic heterocycles. The quantitative estimate of drug-likeness (QED) is 0.736. The lowest BCUT2D eigenvalue weighted by Gasteiger charge is -2.21. The molecule has 0 radical (unpaired) electrons. The molecular formula is C18H27NO3. The lowest BCUT2D eigenvalue weighted by molar-refractivity contribution is -0.150. The first-order valence-corrected chi connectivity index (χ1v) is 9.14. The second kappa shape index (κ2) is 5.86. The molecule has 0 aromatic rings. The minimum Gasteiger partial charge on any atom is -0.456 e. The third kappa shape index (κ3) is 3.31. The normalized spacial score (nSPS) is 33.2. The molecule has 1 amide bonds. The Hall–Kier alpha value is -1.06. The Labute approximate surface area is 132 Å². The zero-order valence-corrected chi connectivity index (χ0v) is 13.3. The molecule has 0 aromatic carbocycles. The van der Waals surface area contributed by atoms with E-state index in [0.29, 0.717) is 30.2 Å². The average Bonchev–Trinajstić information content (AvgIpc) is 3.43. The molecule has 4 nitrogen and oxygen atoms in total. The highest BCUT2D eigenvalue weighted by Crippen LogP contribution is 2.49. The first kappa shape index (κ1) is 14.5. The number of amides is 1. The average molecular weight is 305 g/mol. The van der Waals surface area contributed by atoms with Gasteiger partial charge in [-0.3, -0.25) is 9.59 Å². The van der Waals surface area contributed by atoms with E-state index in [1.165, 1.54) is 51.4 Å². The van der Waals surface area contributed by atoms with Crippen LogP contribution < -0.4 is 5.32 Å². The van der Waals surface area contributed by atoms with Crippen molar-refractivity contribution in [2.45, 2.75) is 63.8 Å². The van der Waals surface area contributed by atoms with Gasteiger partial charge in [0.2, 0.25) is 0 Å². The Bertz CT molecular complexity index is 443.